The van der Waals surface area contributed by atoms with E-state index in [0.717, 1.165) is 63.4 Å². The van der Waals surface area contributed by atoms with Crippen LogP contribution in [0.5, 0.6) is 0 Å². The standard InChI is InChI=1S/C23H29N5O3/c29-20-15-19(23(31-20)13-5-2-6-14-23)22(30)24-17-9-11-18(12-10-17)28-26-21(25-27-28)16-7-3-1-4-8-16/h1,3-4,7-8,17-19H,2,5-6,9-15H2,(H,24,30). The third-order valence-electron chi connectivity index (χ3n) is 7.17. The van der Waals surface area contributed by atoms with Crippen molar-refractivity contribution in [1.29, 1.82) is 0 Å². The van der Waals surface area contributed by atoms with E-state index in [4.69, 9.17) is 4.74 Å². The number of esters is 1. The zero-order chi connectivity index (χ0) is 21.3. The molecule has 1 spiro atoms. The Hall–Kier alpha value is -2.77. The molecule has 5 rings (SSSR count). The molecule has 3 aliphatic rings. The van der Waals surface area contributed by atoms with Crippen LogP contribution in [-0.2, 0) is 14.3 Å². The number of rotatable bonds is 4. The Balaban J connectivity index is 1.17. The van der Waals surface area contributed by atoms with E-state index in [1.165, 1.54) is 0 Å². The molecule has 0 bridgehead atoms. The molecule has 1 aromatic heterocycles. The molecule has 2 aromatic rings. The Bertz CT molecular complexity index is 930. The lowest BCUT2D eigenvalue weighted by molar-refractivity contribution is -0.153. The summed E-state index contributed by atoms with van der Waals surface area (Å²) < 4.78 is 5.70. The van der Waals surface area contributed by atoms with Crippen LogP contribution in [0.2, 0.25) is 0 Å². The highest BCUT2D eigenvalue weighted by Crippen LogP contribution is 2.44. The van der Waals surface area contributed by atoms with Gasteiger partial charge in [-0.1, -0.05) is 36.8 Å². The highest BCUT2D eigenvalue weighted by molar-refractivity contribution is 5.88. The van der Waals surface area contributed by atoms with Crippen LogP contribution in [0.4, 0.5) is 0 Å². The zero-order valence-electron chi connectivity index (χ0n) is 17.7. The van der Waals surface area contributed by atoms with E-state index < -0.39 is 5.60 Å². The fourth-order valence-corrected chi connectivity index (χ4v) is 5.46. The maximum absolute atomic E-state index is 13.1. The minimum atomic E-state index is -0.560. The number of ether oxygens (including phenoxy) is 1. The SMILES string of the molecule is O=C1CC(C(=O)NC2CCC(n3nnc(-c4ccccc4)n3)CC2)C2(CCCCC2)O1. The lowest BCUT2D eigenvalue weighted by atomic mass is 9.75. The number of hydrogen-bond donors (Lipinski definition) is 1. The highest BCUT2D eigenvalue weighted by Gasteiger charge is 2.53. The fraction of sp³-hybridized carbons (Fsp3) is 0.609. The number of carbonyl (C=O) groups is 2. The van der Waals surface area contributed by atoms with Crippen LogP contribution in [0.3, 0.4) is 0 Å². The Morgan fingerprint density at radius 2 is 1.81 bits per heavy atom. The van der Waals surface area contributed by atoms with Crippen LogP contribution in [0.15, 0.2) is 30.3 Å². The minimum Gasteiger partial charge on any atom is -0.458 e. The molecule has 8 nitrogen and oxygen atoms in total. The number of tetrazole rings is 1. The van der Waals surface area contributed by atoms with Gasteiger partial charge < -0.3 is 10.1 Å². The molecule has 1 atom stereocenters. The van der Waals surface area contributed by atoms with Gasteiger partial charge in [-0.05, 0) is 56.6 Å². The van der Waals surface area contributed by atoms with Crippen molar-refractivity contribution in [3.05, 3.63) is 30.3 Å². The maximum atomic E-state index is 13.1. The monoisotopic (exact) mass is 423 g/mol. The number of nitrogens with zero attached hydrogens (tertiary/aromatic N) is 4. The van der Waals surface area contributed by atoms with E-state index in [9.17, 15) is 9.59 Å². The predicted molar refractivity (Wildman–Crippen MR) is 113 cm³/mol. The van der Waals surface area contributed by atoms with E-state index in [-0.39, 0.29) is 36.3 Å². The van der Waals surface area contributed by atoms with Crippen molar-refractivity contribution < 1.29 is 14.3 Å². The van der Waals surface area contributed by atoms with Crippen molar-refractivity contribution in [2.45, 2.75) is 81.9 Å². The summed E-state index contributed by atoms with van der Waals surface area (Å²) >= 11 is 0. The summed E-state index contributed by atoms with van der Waals surface area (Å²) in [5.74, 6) is 0.0572. The van der Waals surface area contributed by atoms with Crippen molar-refractivity contribution in [3.8, 4) is 11.4 Å². The summed E-state index contributed by atoms with van der Waals surface area (Å²) in [6.45, 7) is 0. The number of carbonyl (C=O) groups excluding carboxylic acids is 2. The molecule has 3 fully saturated rings. The van der Waals surface area contributed by atoms with E-state index in [1.807, 2.05) is 30.3 Å². The van der Waals surface area contributed by atoms with E-state index >= 15 is 0 Å². The molecular weight excluding hydrogens is 394 g/mol. The van der Waals surface area contributed by atoms with Gasteiger partial charge in [-0.2, -0.15) is 4.80 Å². The van der Waals surface area contributed by atoms with Gasteiger partial charge in [0, 0.05) is 11.6 Å². The molecule has 1 saturated heterocycles. The van der Waals surface area contributed by atoms with Crippen LogP contribution >= 0.6 is 0 Å². The van der Waals surface area contributed by atoms with Gasteiger partial charge in [0.25, 0.3) is 0 Å². The first-order chi connectivity index (χ1) is 15.1. The number of hydrogen-bond acceptors (Lipinski definition) is 6. The largest absolute Gasteiger partial charge is 0.458 e. The summed E-state index contributed by atoms with van der Waals surface area (Å²) in [5, 5.41) is 16.3. The van der Waals surface area contributed by atoms with E-state index in [1.54, 1.807) is 4.80 Å². The summed E-state index contributed by atoms with van der Waals surface area (Å²) in [5.41, 5.74) is 0.398. The molecule has 2 aliphatic carbocycles. The molecule has 1 amide bonds. The Morgan fingerprint density at radius 3 is 2.55 bits per heavy atom. The van der Waals surface area contributed by atoms with Gasteiger partial charge in [-0.25, -0.2) is 0 Å². The Labute approximate surface area is 181 Å². The Morgan fingerprint density at radius 1 is 1.06 bits per heavy atom. The first-order valence-corrected chi connectivity index (χ1v) is 11.5. The van der Waals surface area contributed by atoms with Crippen molar-refractivity contribution >= 4 is 11.9 Å². The first-order valence-electron chi connectivity index (χ1n) is 11.5. The molecular formula is C23H29N5O3. The van der Waals surface area contributed by atoms with Gasteiger partial charge in [0.2, 0.25) is 11.7 Å². The summed E-state index contributed by atoms with van der Waals surface area (Å²) in [7, 11) is 0. The normalized spacial score (nSPS) is 27.7. The minimum absolute atomic E-state index is 0.0126. The van der Waals surface area contributed by atoms with Crippen molar-refractivity contribution in [2.75, 3.05) is 0 Å². The van der Waals surface area contributed by atoms with Gasteiger partial charge in [0.05, 0.1) is 18.4 Å². The van der Waals surface area contributed by atoms with Gasteiger partial charge >= 0.3 is 5.97 Å². The van der Waals surface area contributed by atoms with Crippen LogP contribution in [0.1, 0.15) is 70.3 Å². The second-order valence-corrected chi connectivity index (χ2v) is 9.17. The van der Waals surface area contributed by atoms with E-state index in [2.05, 4.69) is 20.7 Å². The van der Waals surface area contributed by atoms with Crippen LogP contribution in [0, 0.1) is 5.92 Å². The average molecular weight is 424 g/mol. The Kier molecular flexibility index (Phi) is 5.46. The second-order valence-electron chi connectivity index (χ2n) is 9.17. The lowest BCUT2D eigenvalue weighted by Gasteiger charge is -2.37. The number of nitrogens with one attached hydrogen (secondary N) is 1. The van der Waals surface area contributed by atoms with Crippen LogP contribution in [0.25, 0.3) is 11.4 Å². The molecule has 8 heteroatoms. The number of aromatic nitrogens is 4. The topological polar surface area (TPSA) is 99.0 Å². The molecule has 2 saturated carbocycles. The van der Waals surface area contributed by atoms with Crippen LogP contribution < -0.4 is 5.32 Å². The third-order valence-corrected chi connectivity index (χ3v) is 7.17. The quantitative estimate of drug-likeness (QED) is 0.758. The van der Waals surface area contributed by atoms with E-state index in [0.29, 0.717) is 5.82 Å². The lowest BCUT2D eigenvalue weighted by Crippen LogP contribution is -2.49. The zero-order valence-corrected chi connectivity index (χ0v) is 17.7. The number of benzene rings is 1. The molecule has 1 aromatic carbocycles. The van der Waals surface area contributed by atoms with Crippen molar-refractivity contribution in [1.82, 2.24) is 25.5 Å². The third kappa shape index (κ3) is 4.07. The molecule has 31 heavy (non-hydrogen) atoms. The van der Waals surface area contributed by atoms with Gasteiger partial charge in [-0.3, -0.25) is 9.59 Å². The average Bonchev–Trinajstić information content (AvgIpc) is 3.41. The maximum Gasteiger partial charge on any atom is 0.307 e. The van der Waals surface area contributed by atoms with Crippen LogP contribution in [-0.4, -0.2) is 43.7 Å². The summed E-state index contributed by atoms with van der Waals surface area (Å²) in [4.78, 5) is 26.8. The van der Waals surface area contributed by atoms with Gasteiger partial charge in [0.1, 0.15) is 5.60 Å². The van der Waals surface area contributed by atoms with Gasteiger partial charge in [-0.15, -0.1) is 10.2 Å². The molecule has 1 aliphatic heterocycles. The van der Waals surface area contributed by atoms with Gasteiger partial charge in [0.15, 0.2) is 0 Å². The molecule has 2 heterocycles. The molecule has 1 unspecified atom stereocenters. The fourth-order valence-electron chi connectivity index (χ4n) is 5.46. The predicted octanol–water partition coefficient (Wildman–Crippen LogP) is 3.21. The molecule has 0 radical (unpaired) electrons. The molecule has 164 valence electrons. The number of amides is 1. The summed E-state index contributed by atoms with van der Waals surface area (Å²) in [6.07, 6.45) is 8.56. The first kappa shape index (κ1) is 20.2. The van der Waals surface area contributed by atoms with Crippen molar-refractivity contribution in [2.24, 2.45) is 5.92 Å². The van der Waals surface area contributed by atoms with Crippen molar-refractivity contribution in [3.63, 3.8) is 0 Å². The smallest absolute Gasteiger partial charge is 0.307 e. The second kappa shape index (κ2) is 8.40. The highest BCUT2D eigenvalue weighted by atomic mass is 16.6. The summed E-state index contributed by atoms with van der Waals surface area (Å²) in [6, 6.07) is 10.2. The molecule has 1 N–H and O–H groups in total.